The van der Waals surface area contributed by atoms with Gasteiger partial charge in [0.25, 0.3) is 11.6 Å². The van der Waals surface area contributed by atoms with Crippen molar-refractivity contribution in [1.82, 2.24) is 0 Å². The number of thiophene rings is 1. The van der Waals surface area contributed by atoms with E-state index < -0.39 is 10.8 Å². The molecule has 4 rings (SSSR count). The number of ether oxygens (including phenoxy) is 1. The van der Waals surface area contributed by atoms with Crippen LogP contribution in [0.3, 0.4) is 0 Å². The smallest absolute Gasteiger partial charge is 0.292 e. The fraction of sp³-hybridized carbons (Fsp3) is 0.273. The maximum Gasteiger partial charge on any atom is 0.292 e. The molecule has 0 radical (unpaired) electrons. The van der Waals surface area contributed by atoms with Crippen LogP contribution < -0.4 is 10.1 Å². The predicted octanol–water partition coefficient (Wildman–Crippen LogP) is 5.14. The van der Waals surface area contributed by atoms with Gasteiger partial charge in [0.05, 0.1) is 10.5 Å². The van der Waals surface area contributed by atoms with Gasteiger partial charge in [-0.2, -0.15) is 5.26 Å². The van der Waals surface area contributed by atoms with Crippen molar-refractivity contribution in [2.45, 2.75) is 39.2 Å². The summed E-state index contributed by atoms with van der Waals surface area (Å²) in [6.45, 7) is 1.71. The molecule has 1 amide bonds. The number of nitrogens with zero attached hydrogens (tertiary/aromatic N) is 2. The van der Waals surface area contributed by atoms with E-state index in [0.717, 1.165) is 31.2 Å². The lowest BCUT2D eigenvalue weighted by atomic mass is 9.96. The minimum absolute atomic E-state index is 0.0244. The number of hydrogen-bond acceptors (Lipinski definition) is 7. The second-order valence-electron chi connectivity index (χ2n) is 7.24. The Morgan fingerprint density at radius 2 is 2.13 bits per heavy atom. The SMILES string of the molecule is Cc1cc(OCc2ccc(C(=O)Nc3sc4c(c3C#N)CCCC4)o2)ccc1[N+](=O)[O-]. The number of amides is 1. The van der Waals surface area contributed by atoms with E-state index in [1.165, 1.54) is 28.3 Å². The van der Waals surface area contributed by atoms with Gasteiger partial charge >= 0.3 is 0 Å². The van der Waals surface area contributed by atoms with Crippen molar-refractivity contribution in [2.75, 3.05) is 5.32 Å². The van der Waals surface area contributed by atoms with Gasteiger partial charge in [-0.25, -0.2) is 0 Å². The summed E-state index contributed by atoms with van der Waals surface area (Å²) in [5.41, 5.74) is 2.13. The van der Waals surface area contributed by atoms with Crippen molar-refractivity contribution >= 4 is 27.9 Å². The average Bonchev–Trinajstić information content (AvgIpc) is 3.36. The van der Waals surface area contributed by atoms with Crippen LogP contribution in [0, 0.1) is 28.4 Å². The van der Waals surface area contributed by atoms with E-state index in [9.17, 15) is 20.2 Å². The van der Waals surface area contributed by atoms with Crippen LogP contribution in [0.25, 0.3) is 0 Å². The number of carbonyl (C=O) groups excluding carboxylic acids is 1. The maximum absolute atomic E-state index is 12.6. The fourth-order valence-electron chi connectivity index (χ4n) is 3.59. The molecule has 0 unspecified atom stereocenters. The first kappa shape index (κ1) is 20.6. The Kier molecular flexibility index (Phi) is 5.73. The normalized spacial score (nSPS) is 12.6. The largest absolute Gasteiger partial charge is 0.486 e. The van der Waals surface area contributed by atoms with Crippen LogP contribution >= 0.6 is 11.3 Å². The van der Waals surface area contributed by atoms with E-state index in [-0.39, 0.29) is 18.1 Å². The van der Waals surface area contributed by atoms with Gasteiger partial charge in [-0.15, -0.1) is 11.3 Å². The number of hydrogen-bond donors (Lipinski definition) is 1. The van der Waals surface area contributed by atoms with Crippen LogP contribution in [-0.2, 0) is 19.4 Å². The molecule has 9 heteroatoms. The Morgan fingerprint density at radius 3 is 2.87 bits per heavy atom. The monoisotopic (exact) mass is 437 g/mol. The molecule has 1 aliphatic rings. The van der Waals surface area contributed by atoms with Crippen molar-refractivity contribution < 1.29 is 18.9 Å². The van der Waals surface area contributed by atoms with Gasteiger partial charge in [0.2, 0.25) is 0 Å². The number of nitriles is 1. The molecule has 3 aromatic rings. The Hall–Kier alpha value is -3.64. The molecule has 1 aliphatic carbocycles. The summed E-state index contributed by atoms with van der Waals surface area (Å²) < 4.78 is 11.2. The fourth-order valence-corrected chi connectivity index (χ4v) is 4.83. The lowest BCUT2D eigenvalue weighted by molar-refractivity contribution is -0.385. The topological polar surface area (TPSA) is 118 Å². The van der Waals surface area contributed by atoms with Crippen molar-refractivity contribution in [2.24, 2.45) is 0 Å². The van der Waals surface area contributed by atoms with Crippen molar-refractivity contribution in [3.63, 3.8) is 0 Å². The molecule has 8 nitrogen and oxygen atoms in total. The Bertz CT molecular complexity index is 1200. The lowest BCUT2D eigenvalue weighted by Gasteiger charge is -2.09. The van der Waals surface area contributed by atoms with Crippen molar-refractivity contribution in [3.8, 4) is 11.8 Å². The van der Waals surface area contributed by atoms with Gasteiger partial charge < -0.3 is 14.5 Å². The zero-order valence-electron chi connectivity index (χ0n) is 16.8. The van der Waals surface area contributed by atoms with E-state index in [1.807, 2.05) is 0 Å². The van der Waals surface area contributed by atoms with Gasteiger partial charge in [-0.05, 0) is 62.4 Å². The molecule has 1 aromatic carbocycles. The zero-order valence-corrected chi connectivity index (χ0v) is 17.6. The Balaban J connectivity index is 1.42. The van der Waals surface area contributed by atoms with Crippen LogP contribution in [0.15, 0.2) is 34.7 Å². The highest BCUT2D eigenvalue weighted by molar-refractivity contribution is 7.16. The second-order valence-corrected chi connectivity index (χ2v) is 8.35. The molecule has 0 saturated heterocycles. The number of carbonyl (C=O) groups is 1. The van der Waals surface area contributed by atoms with Gasteiger partial charge in [0, 0.05) is 16.5 Å². The van der Waals surface area contributed by atoms with E-state index in [0.29, 0.717) is 27.6 Å². The zero-order chi connectivity index (χ0) is 22.0. The summed E-state index contributed by atoms with van der Waals surface area (Å²) >= 11 is 1.46. The molecule has 31 heavy (non-hydrogen) atoms. The first-order valence-corrected chi connectivity index (χ1v) is 10.6. The van der Waals surface area contributed by atoms with Crippen LogP contribution in [0.1, 0.15) is 50.7 Å². The van der Waals surface area contributed by atoms with E-state index in [1.54, 1.807) is 25.1 Å². The standard InChI is InChI=1S/C22H19N3O5S/c1-13-10-14(6-8-18(13)25(27)28)29-12-15-7-9-19(30-15)21(26)24-22-17(11-23)16-4-2-3-5-20(16)31-22/h6-10H,2-5,12H2,1H3,(H,24,26). The molecule has 158 valence electrons. The summed E-state index contributed by atoms with van der Waals surface area (Å²) in [6.07, 6.45) is 3.97. The highest BCUT2D eigenvalue weighted by atomic mass is 32.1. The van der Waals surface area contributed by atoms with Crippen LogP contribution in [-0.4, -0.2) is 10.8 Å². The molecular formula is C22H19N3O5S. The van der Waals surface area contributed by atoms with Crippen LogP contribution in [0.5, 0.6) is 5.75 Å². The number of benzene rings is 1. The van der Waals surface area contributed by atoms with Crippen molar-refractivity contribution in [3.05, 3.63) is 73.5 Å². The Morgan fingerprint density at radius 1 is 1.32 bits per heavy atom. The summed E-state index contributed by atoms with van der Waals surface area (Å²) in [4.78, 5) is 24.2. The molecule has 0 atom stereocenters. The molecule has 0 saturated carbocycles. The first-order chi connectivity index (χ1) is 15.0. The predicted molar refractivity (Wildman–Crippen MR) is 115 cm³/mol. The second kappa shape index (κ2) is 8.62. The number of nitro benzene ring substituents is 1. The number of nitrogens with one attached hydrogen (secondary N) is 1. The molecular weight excluding hydrogens is 418 g/mol. The third kappa shape index (κ3) is 4.29. The van der Waals surface area contributed by atoms with Gasteiger partial charge in [0.15, 0.2) is 5.76 Å². The number of rotatable bonds is 6. The van der Waals surface area contributed by atoms with E-state index in [4.69, 9.17) is 9.15 Å². The molecule has 0 aliphatic heterocycles. The summed E-state index contributed by atoms with van der Waals surface area (Å²) in [5, 5.41) is 23.8. The van der Waals surface area contributed by atoms with Crippen LogP contribution in [0.2, 0.25) is 0 Å². The van der Waals surface area contributed by atoms with E-state index >= 15 is 0 Å². The summed E-state index contributed by atoms with van der Waals surface area (Å²) in [5.74, 6) is 0.599. The number of fused-ring (bicyclic) bond motifs is 1. The number of nitro groups is 1. The quantitative estimate of drug-likeness (QED) is 0.421. The first-order valence-electron chi connectivity index (χ1n) is 9.79. The summed E-state index contributed by atoms with van der Waals surface area (Å²) in [6, 6.07) is 9.90. The molecule has 0 spiro atoms. The maximum atomic E-state index is 12.6. The third-order valence-corrected chi connectivity index (χ3v) is 6.35. The molecule has 0 bridgehead atoms. The number of aryl methyl sites for hydroxylation is 2. The third-order valence-electron chi connectivity index (χ3n) is 5.14. The molecule has 1 N–H and O–H groups in total. The molecule has 2 aromatic heterocycles. The van der Waals surface area contributed by atoms with Gasteiger partial charge in [0.1, 0.15) is 29.2 Å². The number of anilines is 1. The summed E-state index contributed by atoms with van der Waals surface area (Å²) in [7, 11) is 0. The van der Waals surface area contributed by atoms with E-state index in [2.05, 4.69) is 11.4 Å². The van der Waals surface area contributed by atoms with Crippen LogP contribution in [0.4, 0.5) is 10.7 Å². The van der Waals surface area contributed by atoms with Crippen molar-refractivity contribution in [1.29, 1.82) is 5.26 Å². The van der Waals surface area contributed by atoms with Gasteiger partial charge in [-0.3, -0.25) is 14.9 Å². The highest BCUT2D eigenvalue weighted by Crippen LogP contribution is 2.37. The van der Waals surface area contributed by atoms with Gasteiger partial charge in [-0.1, -0.05) is 0 Å². The molecule has 0 fully saturated rings. The minimum Gasteiger partial charge on any atom is -0.486 e. The number of furan rings is 1. The minimum atomic E-state index is -0.446. The average molecular weight is 437 g/mol. The lowest BCUT2D eigenvalue weighted by Crippen LogP contribution is -2.11. The molecule has 2 heterocycles. The highest BCUT2D eigenvalue weighted by Gasteiger charge is 2.23. The Labute approximate surface area is 182 Å².